The molecular formula is C20H22N4O2S2. The van der Waals surface area contributed by atoms with E-state index in [2.05, 4.69) is 31.8 Å². The molecule has 6 nitrogen and oxygen atoms in total. The molecule has 4 rings (SSSR count). The van der Waals surface area contributed by atoms with Crippen molar-refractivity contribution in [3.8, 4) is 5.69 Å². The first kappa shape index (κ1) is 19.2. The molecule has 1 aliphatic heterocycles. The summed E-state index contributed by atoms with van der Waals surface area (Å²) < 4.78 is 20.0. The SMILES string of the molecule is O=[S@@](CCSc1nnc(N2CCOCC2)n1-c1ccccc1)c1ccccc1. The predicted molar refractivity (Wildman–Crippen MR) is 113 cm³/mol. The molecule has 0 radical (unpaired) electrons. The Morgan fingerprint density at radius 1 is 0.964 bits per heavy atom. The Labute approximate surface area is 171 Å². The molecule has 0 amide bonds. The van der Waals surface area contributed by atoms with E-state index < -0.39 is 10.8 Å². The highest BCUT2D eigenvalue weighted by molar-refractivity contribution is 8.00. The van der Waals surface area contributed by atoms with Crippen LogP contribution in [-0.2, 0) is 15.5 Å². The van der Waals surface area contributed by atoms with Crippen molar-refractivity contribution in [1.29, 1.82) is 0 Å². The van der Waals surface area contributed by atoms with Gasteiger partial charge in [0.05, 0.1) is 29.7 Å². The average Bonchev–Trinajstić information content (AvgIpc) is 3.19. The Morgan fingerprint density at radius 2 is 1.64 bits per heavy atom. The largest absolute Gasteiger partial charge is 0.378 e. The molecule has 0 unspecified atom stereocenters. The highest BCUT2D eigenvalue weighted by Crippen LogP contribution is 2.27. The van der Waals surface area contributed by atoms with Crippen molar-refractivity contribution in [1.82, 2.24) is 14.8 Å². The van der Waals surface area contributed by atoms with E-state index in [1.54, 1.807) is 11.8 Å². The van der Waals surface area contributed by atoms with Crippen LogP contribution in [0.5, 0.6) is 0 Å². The van der Waals surface area contributed by atoms with E-state index in [1.807, 2.05) is 48.5 Å². The fourth-order valence-corrected chi connectivity index (χ4v) is 5.26. The highest BCUT2D eigenvalue weighted by Gasteiger charge is 2.21. The van der Waals surface area contributed by atoms with Gasteiger partial charge in [0.15, 0.2) is 5.16 Å². The summed E-state index contributed by atoms with van der Waals surface area (Å²) in [6, 6.07) is 19.7. The summed E-state index contributed by atoms with van der Waals surface area (Å²) in [5.74, 6) is 2.11. The topological polar surface area (TPSA) is 60.3 Å². The zero-order chi connectivity index (χ0) is 19.2. The van der Waals surface area contributed by atoms with Gasteiger partial charge in [0.25, 0.3) is 0 Å². The first-order valence-corrected chi connectivity index (χ1v) is 11.5. The van der Waals surface area contributed by atoms with Crippen LogP contribution in [0.25, 0.3) is 5.69 Å². The summed E-state index contributed by atoms with van der Waals surface area (Å²) in [5.41, 5.74) is 1.03. The lowest BCUT2D eigenvalue weighted by molar-refractivity contribution is 0.122. The molecule has 3 aromatic rings. The van der Waals surface area contributed by atoms with Crippen molar-refractivity contribution in [3.63, 3.8) is 0 Å². The first-order valence-electron chi connectivity index (χ1n) is 9.23. The zero-order valence-electron chi connectivity index (χ0n) is 15.4. The van der Waals surface area contributed by atoms with Gasteiger partial charge in [-0.2, -0.15) is 0 Å². The van der Waals surface area contributed by atoms with E-state index in [-0.39, 0.29) is 0 Å². The molecule has 0 spiro atoms. The number of hydrogen-bond acceptors (Lipinski definition) is 6. The minimum Gasteiger partial charge on any atom is -0.378 e. The maximum absolute atomic E-state index is 12.5. The minimum absolute atomic E-state index is 0.573. The van der Waals surface area contributed by atoms with Gasteiger partial charge in [-0.05, 0) is 24.3 Å². The van der Waals surface area contributed by atoms with E-state index in [0.717, 1.165) is 34.8 Å². The van der Waals surface area contributed by atoms with Gasteiger partial charge in [0, 0.05) is 29.5 Å². The normalized spacial score (nSPS) is 15.5. The second-order valence-electron chi connectivity index (χ2n) is 6.26. The first-order chi connectivity index (χ1) is 13.8. The van der Waals surface area contributed by atoms with Gasteiger partial charge in [-0.1, -0.05) is 48.2 Å². The third kappa shape index (κ3) is 4.45. The lowest BCUT2D eigenvalue weighted by Gasteiger charge is -2.27. The fraction of sp³-hybridized carbons (Fsp3) is 0.300. The van der Waals surface area contributed by atoms with Crippen molar-refractivity contribution in [2.45, 2.75) is 10.1 Å². The Balaban J connectivity index is 1.52. The van der Waals surface area contributed by atoms with Crippen molar-refractivity contribution in [2.24, 2.45) is 0 Å². The van der Waals surface area contributed by atoms with Crippen LogP contribution in [0.4, 0.5) is 5.95 Å². The smallest absolute Gasteiger partial charge is 0.232 e. The van der Waals surface area contributed by atoms with Crippen LogP contribution in [0, 0.1) is 0 Å². The Kier molecular flexibility index (Phi) is 6.41. The number of rotatable bonds is 7. The van der Waals surface area contributed by atoms with Crippen LogP contribution in [-0.4, -0.2) is 56.8 Å². The second-order valence-corrected chi connectivity index (χ2v) is 8.90. The van der Waals surface area contributed by atoms with Gasteiger partial charge < -0.3 is 9.64 Å². The molecule has 2 heterocycles. The molecule has 146 valence electrons. The Bertz CT molecular complexity index is 912. The summed E-state index contributed by atoms with van der Waals surface area (Å²) in [6.07, 6.45) is 0. The number of ether oxygens (including phenoxy) is 1. The van der Waals surface area contributed by atoms with Crippen LogP contribution >= 0.6 is 11.8 Å². The molecule has 0 bridgehead atoms. The van der Waals surface area contributed by atoms with Crippen molar-refractivity contribution in [2.75, 3.05) is 42.7 Å². The summed E-state index contributed by atoms with van der Waals surface area (Å²) in [5, 5.41) is 9.71. The van der Waals surface area contributed by atoms with E-state index in [1.165, 1.54) is 0 Å². The maximum Gasteiger partial charge on any atom is 0.232 e. The molecule has 0 saturated carbocycles. The lowest BCUT2D eigenvalue weighted by atomic mass is 10.3. The standard InChI is InChI=1S/C20H22N4O2S2/c25-28(18-9-5-2-6-10-18)16-15-27-20-22-21-19(23-11-13-26-14-12-23)24(20)17-7-3-1-4-8-17/h1-10H,11-16H2/t28-/m0/s1. The molecule has 1 aliphatic rings. The molecule has 2 aromatic carbocycles. The number of thioether (sulfide) groups is 1. The van der Waals surface area contributed by atoms with Gasteiger partial charge in [0.1, 0.15) is 0 Å². The molecule has 8 heteroatoms. The van der Waals surface area contributed by atoms with Gasteiger partial charge in [0.2, 0.25) is 5.95 Å². The summed E-state index contributed by atoms with van der Waals surface area (Å²) in [6.45, 7) is 2.99. The number of anilines is 1. The molecular weight excluding hydrogens is 392 g/mol. The number of morpholine rings is 1. The van der Waals surface area contributed by atoms with E-state index >= 15 is 0 Å². The summed E-state index contributed by atoms with van der Waals surface area (Å²) >= 11 is 1.59. The third-order valence-electron chi connectivity index (χ3n) is 4.43. The average molecular weight is 415 g/mol. The highest BCUT2D eigenvalue weighted by atomic mass is 32.2. The number of aromatic nitrogens is 3. The van der Waals surface area contributed by atoms with Gasteiger partial charge >= 0.3 is 0 Å². The van der Waals surface area contributed by atoms with E-state index in [0.29, 0.717) is 24.7 Å². The minimum atomic E-state index is -1.01. The number of para-hydroxylation sites is 1. The van der Waals surface area contributed by atoms with Gasteiger partial charge in [-0.3, -0.25) is 8.78 Å². The van der Waals surface area contributed by atoms with Crippen molar-refractivity contribution >= 4 is 28.5 Å². The van der Waals surface area contributed by atoms with Crippen LogP contribution in [0.3, 0.4) is 0 Å². The van der Waals surface area contributed by atoms with Gasteiger partial charge in [-0.25, -0.2) is 0 Å². The summed E-state index contributed by atoms with van der Waals surface area (Å²) in [7, 11) is -1.01. The second kappa shape index (κ2) is 9.36. The zero-order valence-corrected chi connectivity index (χ0v) is 17.1. The number of hydrogen-bond donors (Lipinski definition) is 0. The summed E-state index contributed by atoms with van der Waals surface area (Å²) in [4.78, 5) is 3.07. The molecule has 1 aromatic heterocycles. The molecule has 0 aliphatic carbocycles. The van der Waals surface area contributed by atoms with Crippen molar-refractivity contribution < 1.29 is 8.95 Å². The van der Waals surface area contributed by atoms with Crippen LogP contribution in [0.2, 0.25) is 0 Å². The van der Waals surface area contributed by atoms with E-state index in [9.17, 15) is 4.21 Å². The molecule has 1 fully saturated rings. The van der Waals surface area contributed by atoms with Crippen molar-refractivity contribution in [3.05, 3.63) is 60.7 Å². The molecule has 1 saturated heterocycles. The van der Waals surface area contributed by atoms with Gasteiger partial charge in [-0.15, -0.1) is 10.2 Å². The fourth-order valence-electron chi connectivity index (χ4n) is 3.03. The van der Waals surface area contributed by atoms with E-state index in [4.69, 9.17) is 4.74 Å². The Morgan fingerprint density at radius 3 is 2.36 bits per heavy atom. The predicted octanol–water partition coefficient (Wildman–Crippen LogP) is 3.00. The number of benzene rings is 2. The van der Waals surface area contributed by atoms with Crippen LogP contribution in [0.1, 0.15) is 0 Å². The molecule has 28 heavy (non-hydrogen) atoms. The molecule has 0 N–H and O–H groups in total. The van der Waals surface area contributed by atoms with Crippen LogP contribution in [0.15, 0.2) is 70.7 Å². The third-order valence-corrected chi connectivity index (χ3v) is 6.99. The van der Waals surface area contributed by atoms with Crippen LogP contribution < -0.4 is 4.90 Å². The quantitative estimate of drug-likeness (QED) is 0.554. The molecule has 1 atom stereocenters. The monoisotopic (exact) mass is 414 g/mol. The maximum atomic E-state index is 12.5. The Hall–Kier alpha value is -2.16. The number of nitrogens with zero attached hydrogens (tertiary/aromatic N) is 4. The lowest BCUT2D eigenvalue weighted by Crippen LogP contribution is -2.37.